The lowest BCUT2D eigenvalue weighted by molar-refractivity contribution is 0.0988. The molecular formula is C12H18N2O. The van der Waals surface area contributed by atoms with Gasteiger partial charge in [0.15, 0.2) is 5.78 Å². The number of anilines is 1. The number of hydrogen-bond acceptors (Lipinski definition) is 3. The summed E-state index contributed by atoms with van der Waals surface area (Å²) in [6, 6.07) is 3.79. The molecule has 1 rings (SSSR count). The Morgan fingerprint density at radius 2 is 2.13 bits per heavy atom. The van der Waals surface area contributed by atoms with Crippen molar-refractivity contribution in [3.05, 3.63) is 23.4 Å². The molecule has 0 aliphatic rings. The third-order valence-electron chi connectivity index (χ3n) is 2.37. The van der Waals surface area contributed by atoms with Gasteiger partial charge in [0.1, 0.15) is 5.82 Å². The molecule has 0 aliphatic heterocycles. The fraction of sp³-hybridized carbons (Fsp3) is 0.500. The first kappa shape index (κ1) is 11.7. The van der Waals surface area contributed by atoms with Gasteiger partial charge in [0.2, 0.25) is 0 Å². The SMILES string of the molecule is CCC(=O)c1ccc(C(C)C)nc1NC. The molecule has 15 heavy (non-hydrogen) atoms. The van der Waals surface area contributed by atoms with Gasteiger partial charge < -0.3 is 5.32 Å². The normalized spacial score (nSPS) is 10.5. The predicted molar refractivity (Wildman–Crippen MR) is 62.5 cm³/mol. The highest BCUT2D eigenvalue weighted by molar-refractivity contribution is 6.00. The highest BCUT2D eigenvalue weighted by Gasteiger charge is 2.11. The number of nitrogens with zero attached hydrogens (tertiary/aromatic N) is 1. The van der Waals surface area contributed by atoms with Crippen molar-refractivity contribution in [2.24, 2.45) is 0 Å². The molecule has 3 heteroatoms. The first-order valence-corrected chi connectivity index (χ1v) is 5.32. The summed E-state index contributed by atoms with van der Waals surface area (Å²) in [5.41, 5.74) is 1.69. The summed E-state index contributed by atoms with van der Waals surface area (Å²) in [7, 11) is 1.79. The Morgan fingerprint density at radius 3 is 2.60 bits per heavy atom. The van der Waals surface area contributed by atoms with Crippen LogP contribution in [0.15, 0.2) is 12.1 Å². The lowest BCUT2D eigenvalue weighted by Crippen LogP contribution is -2.07. The lowest BCUT2D eigenvalue weighted by atomic mass is 10.1. The van der Waals surface area contributed by atoms with Gasteiger partial charge in [-0.05, 0) is 18.1 Å². The number of pyridine rings is 1. The van der Waals surface area contributed by atoms with Crippen LogP contribution in [0.3, 0.4) is 0 Å². The van der Waals surface area contributed by atoms with Crippen molar-refractivity contribution >= 4 is 11.6 Å². The smallest absolute Gasteiger partial charge is 0.166 e. The summed E-state index contributed by atoms with van der Waals surface area (Å²) < 4.78 is 0. The number of ketones is 1. The first-order valence-electron chi connectivity index (χ1n) is 5.32. The number of carbonyl (C=O) groups is 1. The zero-order valence-corrected chi connectivity index (χ0v) is 9.79. The van der Waals surface area contributed by atoms with Crippen LogP contribution in [-0.2, 0) is 0 Å². The first-order chi connectivity index (χ1) is 7.10. The van der Waals surface area contributed by atoms with E-state index in [1.54, 1.807) is 7.05 Å². The van der Waals surface area contributed by atoms with Gasteiger partial charge in [-0.2, -0.15) is 0 Å². The third-order valence-corrected chi connectivity index (χ3v) is 2.37. The summed E-state index contributed by atoms with van der Waals surface area (Å²) in [6.45, 7) is 6.03. The Balaban J connectivity index is 3.15. The molecule has 0 amide bonds. The Morgan fingerprint density at radius 1 is 1.47 bits per heavy atom. The van der Waals surface area contributed by atoms with Gasteiger partial charge in [-0.1, -0.05) is 20.8 Å². The van der Waals surface area contributed by atoms with Gasteiger partial charge in [-0.3, -0.25) is 4.79 Å². The number of Topliss-reactive ketones (excluding diaryl/α,β-unsaturated/α-hetero) is 1. The average molecular weight is 206 g/mol. The Kier molecular flexibility index (Phi) is 3.83. The molecule has 0 saturated carbocycles. The summed E-state index contributed by atoms with van der Waals surface area (Å²) >= 11 is 0. The van der Waals surface area contributed by atoms with Gasteiger partial charge >= 0.3 is 0 Å². The van der Waals surface area contributed by atoms with Gasteiger partial charge in [0.05, 0.1) is 5.56 Å². The summed E-state index contributed by atoms with van der Waals surface area (Å²) in [5, 5.41) is 2.97. The van der Waals surface area contributed by atoms with Crippen LogP contribution in [0.4, 0.5) is 5.82 Å². The monoisotopic (exact) mass is 206 g/mol. The quantitative estimate of drug-likeness (QED) is 0.770. The second-order valence-corrected chi connectivity index (χ2v) is 3.81. The molecule has 0 saturated heterocycles. The standard InChI is InChI=1S/C12H18N2O/c1-5-11(15)9-6-7-10(8(2)3)14-12(9)13-4/h6-8H,5H2,1-4H3,(H,13,14). The molecule has 0 bridgehead atoms. The molecule has 0 atom stereocenters. The van der Waals surface area contributed by atoms with E-state index in [0.29, 0.717) is 23.7 Å². The van der Waals surface area contributed by atoms with Crippen LogP contribution in [-0.4, -0.2) is 17.8 Å². The van der Waals surface area contributed by atoms with Crippen molar-refractivity contribution in [2.75, 3.05) is 12.4 Å². The van der Waals surface area contributed by atoms with Crippen LogP contribution in [0.5, 0.6) is 0 Å². The van der Waals surface area contributed by atoms with Gasteiger partial charge in [0.25, 0.3) is 0 Å². The predicted octanol–water partition coefficient (Wildman–Crippen LogP) is 2.84. The summed E-state index contributed by atoms with van der Waals surface area (Å²) in [6.07, 6.45) is 0.511. The number of aromatic nitrogens is 1. The van der Waals surface area contributed by atoms with Crippen LogP contribution in [0.25, 0.3) is 0 Å². The van der Waals surface area contributed by atoms with Crippen molar-refractivity contribution < 1.29 is 4.79 Å². The van der Waals surface area contributed by atoms with Crippen molar-refractivity contribution in [3.8, 4) is 0 Å². The van der Waals surface area contributed by atoms with Crippen LogP contribution in [0, 0.1) is 0 Å². The van der Waals surface area contributed by atoms with Crippen LogP contribution in [0.1, 0.15) is 49.2 Å². The Hall–Kier alpha value is -1.38. The van der Waals surface area contributed by atoms with Crippen molar-refractivity contribution in [2.45, 2.75) is 33.1 Å². The van der Waals surface area contributed by atoms with E-state index in [4.69, 9.17) is 0 Å². The number of carbonyl (C=O) groups excluding carboxylic acids is 1. The number of nitrogens with one attached hydrogen (secondary N) is 1. The van der Waals surface area contributed by atoms with E-state index in [1.165, 1.54) is 0 Å². The topological polar surface area (TPSA) is 42.0 Å². The molecule has 1 N–H and O–H groups in total. The average Bonchev–Trinajstić information content (AvgIpc) is 2.27. The van der Waals surface area contributed by atoms with Gasteiger partial charge in [-0.15, -0.1) is 0 Å². The van der Waals surface area contributed by atoms with E-state index >= 15 is 0 Å². The Labute approximate surface area is 90.9 Å². The van der Waals surface area contributed by atoms with E-state index in [-0.39, 0.29) is 5.78 Å². The zero-order valence-electron chi connectivity index (χ0n) is 9.79. The van der Waals surface area contributed by atoms with Crippen molar-refractivity contribution in [1.29, 1.82) is 0 Å². The minimum atomic E-state index is 0.127. The highest BCUT2D eigenvalue weighted by atomic mass is 16.1. The molecule has 0 aromatic carbocycles. The number of rotatable bonds is 4. The minimum Gasteiger partial charge on any atom is -0.373 e. The van der Waals surface area contributed by atoms with Crippen LogP contribution >= 0.6 is 0 Å². The number of hydrogen-bond donors (Lipinski definition) is 1. The third kappa shape index (κ3) is 2.55. The van der Waals surface area contributed by atoms with Gasteiger partial charge in [0, 0.05) is 19.2 Å². The summed E-state index contributed by atoms with van der Waals surface area (Å²) in [4.78, 5) is 16.0. The molecule has 0 unspecified atom stereocenters. The van der Waals surface area contributed by atoms with E-state index in [9.17, 15) is 4.79 Å². The molecule has 1 heterocycles. The molecule has 0 spiro atoms. The molecule has 1 aromatic heterocycles. The van der Waals surface area contributed by atoms with E-state index in [2.05, 4.69) is 24.1 Å². The van der Waals surface area contributed by atoms with Crippen molar-refractivity contribution in [3.63, 3.8) is 0 Å². The van der Waals surface area contributed by atoms with Crippen molar-refractivity contribution in [1.82, 2.24) is 4.98 Å². The van der Waals surface area contributed by atoms with E-state index in [0.717, 1.165) is 5.69 Å². The maximum Gasteiger partial charge on any atom is 0.166 e. The molecule has 1 aromatic rings. The van der Waals surface area contributed by atoms with Crippen LogP contribution < -0.4 is 5.32 Å². The second-order valence-electron chi connectivity index (χ2n) is 3.81. The summed E-state index contributed by atoms with van der Waals surface area (Å²) in [5.74, 6) is 1.19. The second kappa shape index (κ2) is 4.91. The van der Waals surface area contributed by atoms with Crippen LogP contribution in [0.2, 0.25) is 0 Å². The van der Waals surface area contributed by atoms with E-state index in [1.807, 2.05) is 19.1 Å². The molecule has 0 aliphatic carbocycles. The fourth-order valence-corrected chi connectivity index (χ4v) is 1.40. The maximum absolute atomic E-state index is 11.6. The fourth-order valence-electron chi connectivity index (χ4n) is 1.40. The van der Waals surface area contributed by atoms with Gasteiger partial charge in [-0.25, -0.2) is 4.98 Å². The Bertz CT molecular complexity index is 359. The minimum absolute atomic E-state index is 0.127. The molecule has 0 radical (unpaired) electrons. The molecule has 82 valence electrons. The van der Waals surface area contributed by atoms with E-state index < -0.39 is 0 Å². The maximum atomic E-state index is 11.6. The lowest BCUT2D eigenvalue weighted by Gasteiger charge is -2.10. The molecular weight excluding hydrogens is 188 g/mol. The molecule has 0 fully saturated rings. The zero-order chi connectivity index (χ0) is 11.4. The largest absolute Gasteiger partial charge is 0.373 e. The molecule has 3 nitrogen and oxygen atoms in total. The highest BCUT2D eigenvalue weighted by Crippen LogP contribution is 2.19.